The molecular formula is C55H60BBrFN2NaO10. The van der Waals surface area contributed by atoms with E-state index in [4.69, 9.17) is 42.7 Å². The van der Waals surface area contributed by atoms with Crippen LogP contribution in [0, 0.1) is 5.82 Å². The Morgan fingerprint density at radius 2 is 1.17 bits per heavy atom. The van der Waals surface area contributed by atoms with Crippen LogP contribution in [0.5, 0.6) is 0 Å². The Balaban J connectivity index is 0.000000596. The molecule has 2 bridgehead atoms. The zero-order chi connectivity index (χ0) is 75.3. The monoisotopic (exact) mass is 1070 g/mol. The maximum Gasteiger partial charge on any atom is 1.00 e. The first-order valence-corrected chi connectivity index (χ1v) is 20.5. The van der Waals surface area contributed by atoms with Gasteiger partial charge >= 0.3 is 41.5 Å². The van der Waals surface area contributed by atoms with Crippen LogP contribution in [-0.2, 0) is 61.1 Å². The first-order valence-electron chi connectivity index (χ1n) is 33.3. The van der Waals surface area contributed by atoms with Crippen LogP contribution in [0.1, 0.15) is 132 Å². The molecule has 16 heteroatoms. The number of aldehydes is 4. The van der Waals surface area contributed by atoms with Crippen molar-refractivity contribution in [3.8, 4) is 0 Å². The SMILES string of the molecule is CC(=O)OOC(C)=O.NCc1ccccc1.[2H]C(=O)C([2H])=O.[2H]C(=O)C1([2H])c2ccccc2C([2H])(C([2H])=O)C1([2H])[2H].[2H]C1([2H])N(Cc2ccccc2)C([2H])([2H])[C@@]2([2H])c3ccccc3[C@]1([2H])C2([2H])[2H].[2H]C1=C([2H])C([2H])([2H])C([2H])=C1[2H].[2H][B-]OC(C)=O.[2H]c1c([2H])c([2H])c(Br)c(F)c1[2H].[Na+]. The van der Waals surface area contributed by atoms with Crippen LogP contribution in [0.15, 0.2) is 162 Å². The van der Waals surface area contributed by atoms with Crippen LogP contribution in [0.3, 0.4) is 0 Å². The summed E-state index contributed by atoms with van der Waals surface area (Å²) in [6.07, 6.45) is -14.0. The molecule has 1 saturated heterocycles. The Morgan fingerprint density at radius 1 is 0.732 bits per heavy atom. The van der Waals surface area contributed by atoms with Crippen LogP contribution in [0.2, 0.25) is 0 Å². The van der Waals surface area contributed by atoms with E-state index in [-0.39, 0.29) is 62.8 Å². The van der Waals surface area contributed by atoms with Gasteiger partial charge in [-0.15, -0.1) is 8.01 Å². The molecule has 5 aromatic rings. The summed E-state index contributed by atoms with van der Waals surface area (Å²) >= 11 is 2.73. The van der Waals surface area contributed by atoms with Crippen LogP contribution in [-0.4, -0.2) is 70.2 Å². The Morgan fingerprint density at radius 3 is 1.52 bits per heavy atom. The Bertz CT molecular complexity index is 3560. The maximum atomic E-state index is 12.9. The van der Waals surface area contributed by atoms with Gasteiger partial charge in [0.2, 0.25) is 5.97 Å². The molecule has 0 spiro atoms. The van der Waals surface area contributed by atoms with Crippen molar-refractivity contribution < 1.29 is 118 Å². The molecule has 9 rings (SSSR count). The molecule has 3 aliphatic carbocycles. The predicted molar refractivity (Wildman–Crippen MR) is 273 cm³/mol. The van der Waals surface area contributed by atoms with Gasteiger partial charge in [-0.25, -0.2) is 23.8 Å². The number of benzene rings is 5. The molecule has 5 aromatic carbocycles. The van der Waals surface area contributed by atoms with Gasteiger partial charge in [-0.2, -0.15) is 0 Å². The van der Waals surface area contributed by atoms with Gasteiger partial charge in [-0.1, -0.05) is 145 Å². The van der Waals surface area contributed by atoms with Gasteiger partial charge in [0.15, 0.2) is 12.5 Å². The molecule has 0 aromatic heterocycles. The number of hydrogen-bond acceptors (Lipinski definition) is 12. The summed E-state index contributed by atoms with van der Waals surface area (Å²) < 4.78 is 221. The van der Waals surface area contributed by atoms with Crippen molar-refractivity contribution in [2.45, 2.75) is 76.6 Å². The largest absolute Gasteiger partial charge is 1.00 e. The van der Waals surface area contributed by atoms with Gasteiger partial charge in [0.1, 0.15) is 23.8 Å². The second kappa shape index (κ2) is 37.8. The van der Waals surface area contributed by atoms with E-state index in [0.29, 0.717) is 20.1 Å². The fraction of sp³-hybridized carbons (Fsp3) is 0.255. The summed E-state index contributed by atoms with van der Waals surface area (Å²) in [6.45, 7) is -1.39. The van der Waals surface area contributed by atoms with Crippen LogP contribution >= 0.6 is 15.9 Å². The molecule has 1 aliphatic heterocycles. The third-order valence-electron chi connectivity index (χ3n) is 7.79. The summed E-state index contributed by atoms with van der Waals surface area (Å²) in [4.78, 5) is 79.3. The average Bonchev–Trinajstić information content (AvgIpc) is 1.26. The predicted octanol–water partition coefficient (Wildman–Crippen LogP) is 6.45. The molecule has 0 amide bonds. The summed E-state index contributed by atoms with van der Waals surface area (Å²) in [5.41, 5.74) is 6.84. The number of halogens is 2. The van der Waals surface area contributed by atoms with E-state index < -0.39 is 153 Å². The maximum absolute atomic E-state index is 12.9. The van der Waals surface area contributed by atoms with E-state index >= 15 is 0 Å². The molecule has 4 aliphatic rings. The molecule has 12 nitrogen and oxygen atoms in total. The number of allylic oxidation sites excluding steroid dienone is 4. The number of fused-ring (bicyclic) bond motifs is 6. The number of nitrogens with two attached hydrogens (primary N) is 1. The summed E-state index contributed by atoms with van der Waals surface area (Å²) in [7, 11) is 0.600. The average molecular weight is 1070 g/mol. The zero-order valence-electron chi connectivity index (χ0n) is 65.2. The minimum atomic E-state index is -2.98. The van der Waals surface area contributed by atoms with E-state index in [2.05, 4.69) is 30.4 Å². The van der Waals surface area contributed by atoms with Crippen LogP contribution < -0.4 is 35.3 Å². The molecule has 71 heavy (non-hydrogen) atoms. The number of nitrogens with zero attached hydrogens (tertiary/aromatic N) is 1. The molecule has 1 fully saturated rings. The fourth-order valence-electron chi connectivity index (χ4n) is 5.01. The quantitative estimate of drug-likeness (QED) is 0.0622. The standard InChI is InChI=1S/C18H19N.C11H10O2.C7H9N.C6H4BrF.C5H6.C4H6O4.C2H4BO2.C2H2O2.Na/c1-2-6-14(7-3-1)11-19-12-15-10-16(13-19)18-9-5-4-8-17(15)18;12-6-8-5-9(7-13)11-4-2-1-3-10(8)11;8-6-7-4-2-1-3-5-7;7-5-3-1-2-4-6(5)8;1-2-4-5-3-1;1-3(5)7-8-4(2)6;1-2(4)5-3;3-1-2-4;/h1-9,15-16H,10-13H2;1-4,6-9H,5H2;1-5H,6,8H2;1-4H;1-4H,5H2;1-2H3;3H,1H3;1-2H;/q;;;;;;-1;;+1/t15-,16+;;;;;;;;/i10D2,12D2,13D2,15D,16D;5D2,6D,7D,8D,9D;;1D,2D,3D,4D;1D,2D,3D,4D,5D2;;3D;1D,2D;. The van der Waals surface area contributed by atoms with E-state index in [1.807, 2.05) is 30.3 Å². The number of rotatable bonds is 7. The Hall–Kier alpha value is -5.94. The third kappa shape index (κ3) is 25.7. The number of piperidine rings is 1. The van der Waals surface area contributed by atoms with E-state index in [0.717, 1.165) is 18.7 Å². The molecular weight excluding hydrogens is 981 g/mol. The fourth-order valence-corrected chi connectivity index (χ4v) is 5.21. The topological polar surface area (TPSA) is 176 Å². The number of carbonyl (C=O) groups is 7. The summed E-state index contributed by atoms with van der Waals surface area (Å²) in [5, 5.41) is 0. The van der Waals surface area contributed by atoms with Gasteiger partial charge < -0.3 is 20.0 Å². The van der Waals surface area contributed by atoms with Crippen molar-refractivity contribution in [1.82, 2.24) is 4.90 Å². The second-order valence-corrected chi connectivity index (χ2v) is 13.5. The van der Waals surface area contributed by atoms with Gasteiger partial charge in [0, 0.05) is 77.8 Å². The smallest absolute Gasteiger partial charge is 0.757 e. The van der Waals surface area contributed by atoms with Crippen molar-refractivity contribution >= 4 is 66.9 Å². The summed E-state index contributed by atoms with van der Waals surface area (Å²) in [5.74, 6) is -12.9. The van der Waals surface area contributed by atoms with Gasteiger partial charge in [-0.05, 0) is 92.3 Å². The minimum absolute atomic E-state index is 0. The van der Waals surface area contributed by atoms with Crippen molar-refractivity contribution in [2.24, 2.45) is 5.73 Å². The van der Waals surface area contributed by atoms with Crippen LogP contribution in [0.25, 0.3) is 0 Å². The Labute approximate surface area is 485 Å². The molecule has 0 saturated carbocycles. The second-order valence-electron chi connectivity index (χ2n) is 12.7. The van der Waals surface area contributed by atoms with Crippen molar-refractivity contribution in [1.29, 1.82) is 1.34 Å². The summed E-state index contributed by atoms with van der Waals surface area (Å²) in [6, 6.07) is 25.9. The number of likely N-dealkylation sites (tertiary alicyclic amines) is 1. The van der Waals surface area contributed by atoms with E-state index in [1.54, 1.807) is 42.5 Å². The number of hydrogen-bond donors (Lipinski definition) is 1. The first kappa shape index (κ1) is 31.5. The molecule has 368 valence electrons. The molecule has 1 heterocycles. The van der Waals surface area contributed by atoms with Crippen molar-refractivity contribution in [3.05, 3.63) is 201 Å². The zero-order valence-corrected chi connectivity index (χ0v) is 41.8. The normalized spacial score (nSPS) is 30.0. The van der Waals surface area contributed by atoms with Crippen molar-refractivity contribution in [2.75, 3.05) is 13.0 Å². The van der Waals surface area contributed by atoms with Gasteiger partial charge in [0.05, 0.1) is 15.4 Å². The Kier molecular flexibility index (Phi) is 16.8. The van der Waals surface area contributed by atoms with E-state index in [9.17, 15) is 38.0 Å². The molecule has 2 unspecified atom stereocenters. The van der Waals surface area contributed by atoms with Gasteiger partial charge in [0.25, 0.3) is 0 Å². The molecule has 4 atom stereocenters. The number of carbonyl (C=O) groups excluding carboxylic acids is 7. The third-order valence-corrected chi connectivity index (χ3v) is 8.33. The molecule has 2 N–H and O–H groups in total. The molecule has 2 radical (unpaired) electrons. The van der Waals surface area contributed by atoms with Gasteiger partial charge in [-0.3, -0.25) is 20.6 Å². The van der Waals surface area contributed by atoms with E-state index in [1.165, 1.54) is 48.9 Å². The first-order chi connectivity index (χ1) is 44.4. The van der Waals surface area contributed by atoms with Crippen LogP contribution in [0.4, 0.5) is 4.39 Å². The van der Waals surface area contributed by atoms with Crippen molar-refractivity contribution in [3.63, 3.8) is 0 Å². The minimum Gasteiger partial charge on any atom is -0.757 e.